The number of nitrogen functional groups attached to an aromatic ring is 1. The molecule has 0 saturated carbocycles. The lowest BCUT2D eigenvalue weighted by Crippen LogP contribution is -2.13. The molecule has 31 heavy (non-hydrogen) atoms. The molecule has 2 bridgehead atoms. The SMILES string of the molecule is C[C@H]1Oc2cc(cnc2N)-c2c(nn(C)c2C#N)Cc2ccnn2-c2ccc(F)cc21. The van der Waals surface area contributed by atoms with Crippen molar-refractivity contribution < 1.29 is 9.13 Å². The number of halogens is 1. The standard InChI is InChI=1S/C22H18FN7O/c1-12-16-8-14(23)3-4-18(16)30-15(5-6-27-30)9-17-21(19(10-24)29(2)28-17)13-7-20(31-12)22(25)26-11-13/h3-8,11-12H,9H2,1-2H3,(H2,25,26)/t12-/m1/s1. The molecule has 2 N–H and O–H groups in total. The van der Waals surface area contributed by atoms with Gasteiger partial charge in [-0.05, 0) is 37.3 Å². The minimum atomic E-state index is -0.537. The third-order valence-corrected chi connectivity index (χ3v) is 5.43. The monoisotopic (exact) mass is 415 g/mol. The molecule has 0 radical (unpaired) electrons. The van der Waals surface area contributed by atoms with Gasteiger partial charge in [-0.3, -0.25) is 4.68 Å². The quantitative estimate of drug-likeness (QED) is 0.472. The van der Waals surface area contributed by atoms with Gasteiger partial charge in [0.1, 0.15) is 23.7 Å². The summed E-state index contributed by atoms with van der Waals surface area (Å²) in [6, 6.07) is 10.3. The first-order chi connectivity index (χ1) is 15.0. The Morgan fingerprint density at radius 3 is 2.94 bits per heavy atom. The minimum Gasteiger partial charge on any atom is -0.482 e. The Labute approximate surface area is 177 Å². The van der Waals surface area contributed by atoms with Crippen molar-refractivity contribution in [3.8, 4) is 28.6 Å². The number of nitrogens with two attached hydrogens (primary N) is 1. The molecule has 5 rings (SSSR count). The highest BCUT2D eigenvalue weighted by Gasteiger charge is 2.24. The largest absolute Gasteiger partial charge is 0.482 e. The number of hydrogen-bond donors (Lipinski definition) is 1. The Kier molecular flexibility index (Phi) is 4.22. The second-order valence-corrected chi connectivity index (χ2v) is 7.39. The lowest BCUT2D eigenvalue weighted by atomic mass is 10.0. The normalized spacial score (nSPS) is 14.8. The topological polar surface area (TPSA) is 108 Å². The Hall–Kier alpha value is -4.19. The molecule has 154 valence electrons. The zero-order valence-electron chi connectivity index (χ0n) is 16.9. The fourth-order valence-corrected chi connectivity index (χ4v) is 3.97. The summed E-state index contributed by atoms with van der Waals surface area (Å²) in [7, 11) is 1.73. The number of aromatic nitrogens is 5. The zero-order valence-corrected chi connectivity index (χ0v) is 16.9. The first-order valence-electron chi connectivity index (χ1n) is 9.67. The van der Waals surface area contributed by atoms with Crippen molar-refractivity contribution in [3.63, 3.8) is 0 Å². The maximum atomic E-state index is 14.1. The van der Waals surface area contributed by atoms with Crippen LogP contribution in [0.2, 0.25) is 0 Å². The lowest BCUT2D eigenvalue weighted by molar-refractivity contribution is 0.226. The van der Waals surface area contributed by atoms with Crippen LogP contribution in [0.4, 0.5) is 10.2 Å². The zero-order chi connectivity index (χ0) is 21.7. The smallest absolute Gasteiger partial charge is 0.166 e. The molecule has 0 fully saturated rings. The second kappa shape index (κ2) is 6.95. The van der Waals surface area contributed by atoms with Crippen molar-refractivity contribution in [2.75, 3.05) is 5.73 Å². The maximum Gasteiger partial charge on any atom is 0.166 e. The summed E-state index contributed by atoms with van der Waals surface area (Å²) < 4.78 is 23.6. The Morgan fingerprint density at radius 2 is 2.13 bits per heavy atom. The van der Waals surface area contributed by atoms with Gasteiger partial charge in [-0.1, -0.05) is 0 Å². The summed E-state index contributed by atoms with van der Waals surface area (Å²) >= 11 is 0. The van der Waals surface area contributed by atoms with Crippen molar-refractivity contribution in [1.29, 1.82) is 5.26 Å². The molecule has 4 aromatic rings. The molecule has 0 spiro atoms. The van der Waals surface area contributed by atoms with Gasteiger partial charge < -0.3 is 10.5 Å². The molecule has 3 aromatic heterocycles. The van der Waals surface area contributed by atoms with E-state index in [-0.39, 0.29) is 11.6 Å². The Morgan fingerprint density at radius 1 is 1.29 bits per heavy atom. The molecule has 1 aliphatic heterocycles. The van der Waals surface area contributed by atoms with E-state index in [1.54, 1.807) is 40.9 Å². The predicted octanol–water partition coefficient (Wildman–Crippen LogP) is 3.30. The molecule has 8 nitrogen and oxygen atoms in total. The molecule has 0 saturated heterocycles. The van der Waals surface area contributed by atoms with E-state index in [9.17, 15) is 9.65 Å². The van der Waals surface area contributed by atoms with Crippen molar-refractivity contribution in [2.45, 2.75) is 19.4 Å². The van der Waals surface area contributed by atoms with Gasteiger partial charge in [-0.25, -0.2) is 14.1 Å². The van der Waals surface area contributed by atoms with Crippen LogP contribution in [-0.2, 0) is 13.5 Å². The molecule has 9 heteroatoms. The molecule has 0 aliphatic carbocycles. The summed E-state index contributed by atoms with van der Waals surface area (Å²) in [6.07, 6.45) is 3.16. The first kappa shape index (κ1) is 18.8. The van der Waals surface area contributed by atoms with Gasteiger partial charge in [-0.2, -0.15) is 15.5 Å². The number of ether oxygens (including phenoxy) is 1. The minimum absolute atomic E-state index is 0.203. The molecule has 0 unspecified atom stereocenters. The van der Waals surface area contributed by atoms with E-state index in [0.29, 0.717) is 45.9 Å². The highest BCUT2D eigenvalue weighted by atomic mass is 19.1. The van der Waals surface area contributed by atoms with Gasteiger partial charge in [0.25, 0.3) is 0 Å². The van der Waals surface area contributed by atoms with Crippen LogP contribution in [0, 0.1) is 17.1 Å². The fourth-order valence-electron chi connectivity index (χ4n) is 3.97. The summed E-state index contributed by atoms with van der Waals surface area (Å²) in [4.78, 5) is 4.27. The third-order valence-electron chi connectivity index (χ3n) is 5.43. The van der Waals surface area contributed by atoms with Crippen molar-refractivity contribution in [2.24, 2.45) is 7.05 Å². The molecule has 4 heterocycles. The average molecular weight is 415 g/mol. The van der Waals surface area contributed by atoms with E-state index in [4.69, 9.17) is 10.5 Å². The van der Waals surface area contributed by atoms with Crippen LogP contribution in [0.15, 0.2) is 42.7 Å². The Bertz CT molecular complexity index is 1360. The number of hydrogen-bond acceptors (Lipinski definition) is 6. The molecule has 1 atom stereocenters. The van der Waals surface area contributed by atoms with Crippen LogP contribution >= 0.6 is 0 Å². The van der Waals surface area contributed by atoms with Crippen LogP contribution in [0.25, 0.3) is 16.8 Å². The predicted molar refractivity (Wildman–Crippen MR) is 111 cm³/mol. The number of fused-ring (bicyclic) bond motifs is 7. The number of aryl methyl sites for hydroxylation is 1. The number of anilines is 1. The van der Waals surface area contributed by atoms with Gasteiger partial charge in [0.15, 0.2) is 11.6 Å². The van der Waals surface area contributed by atoms with Crippen LogP contribution in [0.3, 0.4) is 0 Å². The maximum absolute atomic E-state index is 14.1. The number of pyridine rings is 1. The number of benzene rings is 1. The van der Waals surface area contributed by atoms with E-state index in [2.05, 4.69) is 21.3 Å². The van der Waals surface area contributed by atoms with Crippen molar-refractivity contribution >= 4 is 5.82 Å². The average Bonchev–Trinajstić information content (AvgIpc) is 3.32. The van der Waals surface area contributed by atoms with E-state index in [1.165, 1.54) is 12.1 Å². The van der Waals surface area contributed by atoms with Gasteiger partial charge in [0.05, 0.1) is 17.1 Å². The third kappa shape index (κ3) is 3.00. The lowest BCUT2D eigenvalue weighted by Gasteiger charge is -2.21. The molecular weight excluding hydrogens is 397 g/mol. The highest BCUT2D eigenvalue weighted by molar-refractivity contribution is 5.74. The first-order valence-corrected chi connectivity index (χ1v) is 9.67. The number of nitrogens with zero attached hydrogens (tertiary/aromatic N) is 6. The molecule has 1 aliphatic rings. The van der Waals surface area contributed by atoms with Crippen LogP contribution in [-0.4, -0.2) is 24.5 Å². The van der Waals surface area contributed by atoms with Crippen molar-refractivity contribution in [3.05, 3.63) is 71.2 Å². The van der Waals surface area contributed by atoms with Crippen LogP contribution in [0.1, 0.15) is 35.7 Å². The number of nitriles is 1. The van der Waals surface area contributed by atoms with Gasteiger partial charge in [0.2, 0.25) is 0 Å². The van der Waals surface area contributed by atoms with Gasteiger partial charge in [-0.15, -0.1) is 0 Å². The molecule has 0 amide bonds. The molecule has 1 aromatic carbocycles. The van der Waals surface area contributed by atoms with Crippen LogP contribution in [0.5, 0.6) is 5.75 Å². The Balaban J connectivity index is 1.83. The highest BCUT2D eigenvalue weighted by Crippen LogP contribution is 2.36. The second-order valence-electron chi connectivity index (χ2n) is 7.39. The van der Waals surface area contributed by atoms with Crippen LogP contribution < -0.4 is 10.5 Å². The molecular formula is C22H18FN7O. The summed E-state index contributed by atoms with van der Waals surface area (Å²) in [5.41, 5.74) is 10.7. The van der Waals surface area contributed by atoms with Gasteiger partial charge in [0, 0.05) is 42.6 Å². The fraction of sp³-hybridized carbons (Fsp3) is 0.182. The van der Waals surface area contributed by atoms with E-state index < -0.39 is 6.10 Å². The van der Waals surface area contributed by atoms with Crippen molar-refractivity contribution in [1.82, 2.24) is 24.5 Å². The van der Waals surface area contributed by atoms with E-state index in [0.717, 1.165) is 5.69 Å². The van der Waals surface area contributed by atoms with E-state index >= 15 is 0 Å². The number of rotatable bonds is 0. The summed E-state index contributed by atoms with van der Waals surface area (Å²) in [6.45, 7) is 1.82. The summed E-state index contributed by atoms with van der Waals surface area (Å²) in [5.74, 6) is 0.176. The van der Waals surface area contributed by atoms with Gasteiger partial charge >= 0.3 is 0 Å². The van der Waals surface area contributed by atoms with E-state index in [1.807, 2.05) is 13.0 Å². The summed E-state index contributed by atoms with van der Waals surface area (Å²) in [5, 5.41) is 18.8.